The molecule has 0 aromatic carbocycles. The standard InChI is InChI=1S/C44H77O10P/c1-3-5-7-9-11-13-15-17-19-20-22-24-26-28-30-32-34-36-44(48)54-42(40-53-55(49,50)52-38-41(46)37-45)39-51-43(47)35-33-31-29-27-25-23-21-18-16-14-12-10-8-6-4-2/h7,9,13,15,19-20,24-27,41-42,45-46H,3-6,8,10-12,14,16-18,21-23,28-40H2,1-2H3,(H,49,50)/b9-7+,15-13+,20-19+,26-24+,27-25+/t41-,42+/m0/s1. The fourth-order valence-corrected chi connectivity index (χ4v) is 6.12. The van der Waals surface area contributed by atoms with Crippen LogP contribution in [0.25, 0.3) is 0 Å². The fraction of sp³-hybridized carbons (Fsp3) is 0.727. The number of phosphoric ester groups is 1. The average Bonchev–Trinajstić information content (AvgIpc) is 3.17. The summed E-state index contributed by atoms with van der Waals surface area (Å²) in [5.74, 6) is -0.990. The second-order valence-corrected chi connectivity index (χ2v) is 15.5. The van der Waals surface area contributed by atoms with Gasteiger partial charge in [-0.05, 0) is 77.0 Å². The van der Waals surface area contributed by atoms with Gasteiger partial charge in [0.15, 0.2) is 6.10 Å². The molecule has 0 fully saturated rings. The van der Waals surface area contributed by atoms with Crippen LogP contribution in [0.15, 0.2) is 60.8 Å². The van der Waals surface area contributed by atoms with Crippen LogP contribution in [0.3, 0.4) is 0 Å². The summed E-state index contributed by atoms with van der Waals surface area (Å²) in [4.78, 5) is 34.9. The SMILES string of the molecule is CCC/C=C/C/C=C/C/C=C/C/C=C/CCCCCC(=O)O[C@H](COC(=O)CCCC/C=C/CCCCCCCCCCC)COP(=O)(O)OC[C@@H](O)CO. The van der Waals surface area contributed by atoms with Crippen molar-refractivity contribution in [2.24, 2.45) is 0 Å². The van der Waals surface area contributed by atoms with Crippen molar-refractivity contribution in [3.63, 3.8) is 0 Å². The zero-order valence-corrected chi connectivity index (χ0v) is 35.3. The summed E-state index contributed by atoms with van der Waals surface area (Å²) in [5, 5.41) is 18.3. The highest BCUT2D eigenvalue weighted by Gasteiger charge is 2.27. The highest BCUT2D eigenvalue weighted by atomic mass is 31.2. The smallest absolute Gasteiger partial charge is 0.462 e. The van der Waals surface area contributed by atoms with E-state index in [2.05, 4.69) is 79.1 Å². The van der Waals surface area contributed by atoms with E-state index in [-0.39, 0.29) is 19.4 Å². The van der Waals surface area contributed by atoms with Crippen molar-refractivity contribution >= 4 is 19.8 Å². The Kier molecular flexibility index (Phi) is 38.2. The molecule has 0 radical (unpaired) electrons. The van der Waals surface area contributed by atoms with Gasteiger partial charge >= 0.3 is 19.8 Å². The van der Waals surface area contributed by atoms with E-state index < -0.39 is 51.8 Å². The highest BCUT2D eigenvalue weighted by molar-refractivity contribution is 7.47. The maximum absolute atomic E-state index is 12.6. The number of aliphatic hydroxyl groups excluding tert-OH is 2. The lowest BCUT2D eigenvalue weighted by Crippen LogP contribution is -2.29. The summed E-state index contributed by atoms with van der Waals surface area (Å²) in [6.07, 6.45) is 43.3. The number of esters is 2. The monoisotopic (exact) mass is 797 g/mol. The number of allylic oxidation sites excluding steroid dienone is 10. The molecular formula is C44H77O10P. The summed E-state index contributed by atoms with van der Waals surface area (Å²) in [5.41, 5.74) is 0. The lowest BCUT2D eigenvalue weighted by Gasteiger charge is -2.20. The van der Waals surface area contributed by atoms with Gasteiger partial charge in [-0.3, -0.25) is 18.6 Å². The Hall–Kier alpha value is -2.33. The molecule has 0 spiro atoms. The molecule has 0 bridgehead atoms. The normalized spacial score (nSPS) is 14.5. The molecule has 0 aliphatic rings. The number of carbonyl (C=O) groups excluding carboxylic acids is 2. The van der Waals surface area contributed by atoms with E-state index in [0.29, 0.717) is 12.8 Å². The van der Waals surface area contributed by atoms with Crippen LogP contribution in [0.5, 0.6) is 0 Å². The number of unbranched alkanes of at least 4 members (excludes halogenated alkanes) is 15. The van der Waals surface area contributed by atoms with Crippen LogP contribution in [0.1, 0.15) is 168 Å². The molecule has 55 heavy (non-hydrogen) atoms. The predicted octanol–water partition coefficient (Wildman–Crippen LogP) is 11.1. The third-order valence-electron chi connectivity index (χ3n) is 8.63. The van der Waals surface area contributed by atoms with Crippen molar-refractivity contribution in [1.82, 2.24) is 0 Å². The Morgan fingerprint density at radius 1 is 0.545 bits per heavy atom. The Morgan fingerprint density at radius 3 is 1.55 bits per heavy atom. The first-order chi connectivity index (χ1) is 26.7. The minimum Gasteiger partial charge on any atom is -0.462 e. The van der Waals surface area contributed by atoms with Crippen LogP contribution in [-0.2, 0) is 32.7 Å². The van der Waals surface area contributed by atoms with E-state index in [1.54, 1.807) is 0 Å². The van der Waals surface area contributed by atoms with Gasteiger partial charge < -0.3 is 24.6 Å². The van der Waals surface area contributed by atoms with Crippen LogP contribution in [-0.4, -0.2) is 65.7 Å². The topological polar surface area (TPSA) is 149 Å². The van der Waals surface area contributed by atoms with Crippen molar-refractivity contribution in [3.8, 4) is 0 Å². The first-order valence-corrected chi connectivity index (χ1v) is 22.7. The van der Waals surface area contributed by atoms with Gasteiger partial charge in [0, 0.05) is 12.8 Å². The van der Waals surface area contributed by atoms with Crippen LogP contribution in [0.4, 0.5) is 0 Å². The maximum Gasteiger partial charge on any atom is 0.472 e. The quantitative estimate of drug-likeness (QED) is 0.0237. The first-order valence-electron chi connectivity index (χ1n) is 21.2. The van der Waals surface area contributed by atoms with Gasteiger partial charge in [-0.15, -0.1) is 0 Å². The Morgan fingerprint density at radius 2 is 0.982 bits per heavy atom. The molecule has 318 valence electrons. The number of hydrogen-bond donors (Lipinski definition) is 3. The molecular weight excluding hydrogens is 719 g/mol. The van der Waals surface area contributed by atoms with Crippen molar-refractivity contribution in [2.45, 2.75) is 180 Å². The molecule has 1 unspecified atom stereocenters. The zero-order valence-electron chi connectivity index (χ0n) is 34.4. The van der Waals surface area contributed by atoms with Gasteiger partial charge in [-0.1, -0.05) is 139 Å². The minimum absolute atomic E-state index is 0.140. The lowest BCUT2D eigenvalue weighted by atomic mass is 10.1. The number of rotatable bonds is 39. The van der Waals surface area contributed by atoms with E-state index in [9.17, 15) is 24.2 Å². The van der Waals surface area contributed by atoms with Crippen LogP contribution in [0.2, 0.25) is 0 Å². The van der Waals surface area contributed by atoms with Crippen LogP contribution < -0.4 is 0 Å². The molecule has 0 saturated carbocycles. The summed E-state index contributed by atoms with van der Waals surface area (Å²) in [6.45, 7) is 2.24. The maximum atomic E-state index is 12.6. The molecule has 0 aliphatic heterocycles. The molecule has 0 aliphatic carbocycles. The molecule has 10 nitrogen and oxygen atoms in total. The second-order valence-electron chi connectivity index (χ2n) is 14.0. The van der Waals surface area contributed by atoms with Crippen molar-refractivity contribution < 1.29 is 47.8 Å². The van der Waals surface area contributed by atoms with Gasteiger partial charge in [0.2, 0.25) is 0 Å². The van der Waals surface area contributed by atoms with E-state index >= 15 is 0 Å². The molecule has 3 N–H and O–H groups in total. The van der Waals surface area contributed by atoms with Gasteiger partial charge in [0.05, 0.1) is 19.8 Å². The van der Waals surface area contributed by atoms with Crippen molar-refractivity contribution in [1.29, 1.82) is 0 Å². The number of phosphoric acid groups is 1. The van der Waals surface area contributed by atoms with E-state index in [1.807, 2.05) is 0 Å². The molecule has 0 aromatic rings. The summed E-state index contributed by atoms with van der Waals surface area (Å²) in [6, 6.07) is 0. The minimum atomic E-state index is -4.63. The van der Waals surface area contributed by atoms with Crippen molar-refractivity contribution in [3.05, 3.63) is 60.8 Å². The van der Waals surface area contributed by atoms with E-state index in [0.717, 1.165) is 64.2 Å². The molecule has 0 heterocycles. The largest absolute Gasteiger partial charge is 0.472 e. The van der Waals surface area contributed by atoms with Gasteiger partial charge in [-0.2, -0.15) is 0 Å². The molecule has 0 saturated heterocycles. The van der Waals surface area contributed by atoms with E-state index in [4.69, 9.17) is 19.1 Å². The fourth-order valence-electron chi connectivity index (χ4n) is 5.33. The van der Waals surface area contributed by atoms with Gasteiger partial charge in [0.1, 0.15) is 12.7 Å². The Bertz CT molecular complexity index is 1100. The molecule has 11 heteroatoms. The third kappa shape index (κ3) is 39.7. The number of hydrogen-bond acceptors (Lipinski definition) is 9. The Balaban J connectivity index is 4.41. The van der Waals surface area contributed by atoms with Crippen molar-refractivity contribution in [2.75, 3.05) is 26.4 Å². The summed E-state index contributed by atoms with van der Waals surface area (Å²) in [7, 11) is -4.63. The third-order valence-corrected chi connectivity index (χ3v) is 9.58. The average molecular weight is 797 g/mol. The Labute approximate surface area is 334 Å². The number of aliphatic hydroxyl groups is 2. The second kappa shape index (κ2) is 39.9. The van der Waals surface area contributed by atoms with Gasteiger partial charge in [-0.25, -0.2) is 4.57 Å². The van der Waals surface area contributed by atoms with Crippen LogP contribution in [0, 0.1) is 0 Å². The first kappa shape index (κ1) is 52.7. The number of ether oxygens (including phenoxy) is 2. The van der Waals surface area contributed by atoms with Gasteiger partial charge in [0.25, 0.3) is 0 Å². The molecule has 3 atom stereocenters. The summed E-state index contributed by atoms with van der Waals surface area (Å²) >= 11 is 0. The molecule has 0 amide bonds. The molecule has 0 aromatic heterocycles. The lowest BCUT2D eigenvalue weighted by molar-refractivity contribution is -0.161. The zero-order chi connectivity index (χ0) is 40.5. The molecule has 0 rings (SSSR count). The van der Waals surface area contributed by atoms with Crippen LogP contribution >= 0.6 is 7.82 Å². The predicted molar refractivity (Wildman–Crippen MR) is 224 cm³/mol. The number of carbonyl (C=O) groups is 2. The highest BCUT2D eigenvalue weighted by Crippen LogP contribution is 2.43. The summed E-state index contributed by atoms with van der Waals surface area (Å²) < 4.78 is 32.6. The van der Waals surface area contributed by atoms with E-state index in [1.165, 1.54) is 64.2 Å².